The molecular formula is C12H22N2O4. The Labute approximate surface area is 107 Å². The van der Waals surface area contributed by atoms with Gasteiger partial charge in [0.15, 0.2) is 0 Å². The summed E-state index contributed by atoms with van der Waals surface area (Å²) >= 11 is 0. The van der Waals surface area contributed by atoms with Crippen LogP contribution in [0.15, 0.2) is 0 Å². The van der Waals surface area contributed by atoms with Crippen LogP contribution in [0.3, 0.4) is 0 Å². The van der Waals surface area contributed by atoms with Crippen LogP contribution in [0.4, 0.5) is 4.79 Å². The van der Waals surface area contributed by atoms with Crippen LogP contribution in [0.5, 0.6) is 0 Å². The van der Waals surface area contributed by atoms with Crippen molar-refractivity contribution in [3.05, 3.63) is 0 Å². The maximum atomic E-state index is 12.0. The van der Waals surface area contributed by atoms with Crippen LogP contribution in [-0.4, -0.2) is 52.8 Å². The number of hydrogen-bond donors (Lipinski definition) is 2. The minimum absolute atomic E-state index is 0.119. The molecule has 0 saturated carbocycles. The van der Waals surface area contributed by atoms with Crippen LogP contribution in [-0.2, 0) is 9.53 Å². The third-order valence-electron chi connectivity index (χ3n) is 2.82. The molecule has 6 heteroatoms. The third-order valence-corrected chi connectivity index (χ3v) is 2.82. The monoisotopic (exact) mass is 258 g/mol. The molecule has 1 aliphatic rings. The molecule has 0 aromatic heterocycles. The molecule has 0 unspecified atom stereocenters. The maximum Gasteiger partial charge on any atom is 0.410 e. The molecule has 0 aliphatic carbocycles. The number of aliphatic carboxylic acids is 1. The fourth-order valence-corrected chi connectivity index (χ4v) is 2.00. The van der Waals surface area contributed by atoms with E-state index in [1.165, 1.54) is 0 Å². The number of likely N-dealkylation sites (N-methyl/N-ethyl adjacent to an activating group) is 1. The number of carboxylic acid groups (broad SMARTS) is 1. The van der Waals surface area contributed by atoms with E-state index in [2.05, 4.69) is 5.32 Å². The van der Waals surface area contributed by atoms with Crippen molar-refractivity contribution in [2.24, 2.45) is 0 Å². The van der Waals surface area contributed by atoms with E-state index in [0.29, 0.717) is 19.5 Å². The fraction of sp³-hybridized carbons (Fsp3) is 0.833. The first-order valence-corrected chi connectivity index (χ1v) is 6.20. The van der Waals surface area contributed by atoms with E-state index in [1.807, 2.05) is 27.7 Å². The first kappa shape index (κ1) is 14.8. The number of ether oxygens (including phenoxy) is 1. The molecule has 1 fully saturated rings. The van der Waals surface area contributed by atoms with Crippen molar-refractivity contribution in [1.29, 1.82) is 0 Å². The number of amides is 1. The predicted octanol–water partition coefficient (Wildman–Crippen LogP) is 1.06. The van der Waals surface area contributed by atoms with Gasteiger partial charge in [0, 0.05) is 19.1 Å². The van der Waals surface area contributed by atoms with Gasteiger partial charge < -0.3 is 20.1 Å². The average molecular weight is 258 g/mol. The van der Waals surface area contributed by atoms with Gasteiger partial charge in [-0.25, -0.2) is 4.79 Å². The highest BCUT2D eigenvalue weighted by Gasteiger charge is 2.35. The molecule has 2 atom stereocenters. The molecule has 0 spiro atoms. The van der Waals surface area contributed by atoms with Crippen molar-refractivity contribution >= 4 is 12.1 Å². The standard InChI is InChI=1S/C12H22N2O4/c1-5-14(11(17)18-12(2,3)4)8-6-9(10(15)16)13-7-8/h8-9,13H,5-7H2,1-4H3,(H,15,16)/t8-,9+/m1/s1. The third kappa shape index (κ3) is 3.87. The van der Waals surface area contributed by atoms with Crippen molar-refractivity contribution in [3.63, 3.8) is 0 Å². The van der Waals surface area contributed by atoms with E-state index in [9.17, 15) is 9.59 Å². The minimum atomic E-state index is -0.877. The minimum Gasteiger partial charge on any atom is -0.480 e. The molecular weight excluding hydrogens is 236 g/mol. The Morgan fingerprint density at radius 3 is 2.44 bits per heavy atom. The lowest BCUT2D eigenvalue weighted by atomic mass is 10.1. The van der Waals surface area contributed by atoms with E-state index >= 15 is 0 Å². The number of carboxylic acids is 1. The number of nitrogens with one attached hydrogen (secondary N) is 1. The van der Waals surface area contributed by atoms with E-state index in [4.69, 9.17) is 9.84 Å². The topological polar surface area (TPSA) is 78.9 Å². The molecule has 1 heterocycles. The lowest BCUT2D eigenvalue weighted by Crippen LogP contribution is -2.44. The lowest BCUT2D eigenvalue weighted by molar-refractivity contribution is -0.139. The Morgan fingerprint density at radius 1 is 1.44 bits per heavy atom. The van der Waals surface area contributed by atoms with Gasteiger partial charge in [0.05, 0.1) is 0 Å². The zero-order valence-electron chi connectivity index (χ0n) is 11.4. The molecule has 18 heavy (non-hydrogen) atoms. The van der Waals surface area contributed by atoms with Crippen molar-refractivity contribution in [2.45, 2.75) is 51.8 Å². The maximum absolute atomic E-state index is 12.0. The van der Waals surface area contributed by atoms with Crippen molar-refractivity contribution in [1.82, 2.24) is 10.2 Å². The lowest BCUT2D eigenvalue weighted by Gasteiger charge is -2.30. The van der Waals surface area contributed by atoms with Gasteiger partial charge in [-0.05, 0) is 34.1 Å². The summed E-state index contributed by atoms with van der Waals surface area (Å²) < 4.78 is 5.31. The molecule has 0 aromatic rings. The van der Waals surface area contributed by atoms with Crippen LogP contribution in [0, 0.1) is 0 Å². The summed E-state index contributed by atoms with van der Waals surface area (Å²) in [4.78, 5) is 24.4. The van der Waals surface area contributed by atoms with E-state index < -0.39 is 17.6 Å². The van der Waals surface area contributed by atoms with E-state index in [-0.39, 0.29) is 12.1 Å². The number of carbonyl (C=O) groups is 2. The summed E-state index contributed by atoms with van der Waals surface area (Å²) in [6, 6.07) is -0.697. The number of hydrogen-bond acceptors (Lipinski definition) is 4. The van der Waals surface area contributed by atoms with Crippen LogP contribution in [0.2, 0.25) is 0 Å². The van der Waals surface area contributed by atoms with Crippen LogP contribution >= 0.6 is 0 Å². The van der Waals surface area contributed by atoms with Gasteiger partial charge in [0.1, 0.15) is 11.6 Å². The Bertz CT molecular complexity index is 325. The van der Waals surface area contributed by atoms with Crippen LogP contribution in [0.1, 0.15) is 34.1 Å². The normalized spacial score (nSPS) is 23.8. The number of rotatable bonds is 3. The van der Waals surface area contributed by atoms with Gasteiger partial charge in [-0.15, -0.1) is 0 Å². The summed E-state index contributed by atoms with van der Waals surface area (Å²) in [5, 5.41) is 11.8. The summed E-state index contributed by atoms with van der Waals surface area (Å²) in [5.41, 5.74) is -0.539. The highest BCUT2D eigenvalue weighted by atomic mass is 16.6. The molecule has 0 radical (unpaired) electrons. The second kappa shape index (κ2) is 5.56. The fourth-order valence-electron chi connectivity index (χ4n) is 2.00. The Balaban J connectivity index is 2.62. The van der Waals surface area contributed by atoms with E-state index in [0.717, 1.165) is 0 Å². The largest absolute Gasteiger partial charge is 0.480 e. The first-order chi connectivity index (χ1) is 8.24. The zero-order valence-corrected chi connectivity index (χ0v) is 11.4. The van der Waals surface area contributed by atoms with Crippen molar-refractivity contribution < 1.29 is 19.4 Å². The van der Waals surface area contributed by atoms with Gasteiger partial charge in [-0.3, -0.25) is 4.79 Å². The molecule has 0 bridgehead atoms. The number of carbonyl (C=O) groups excluding carboxylic acids is 1. The molecule has 1 aliphatic heterocycles. The summed E-state index contributed by atoms with van der Waals surface area (Å²) in [6.07, 6.45) is 0.0328. The SMILES string of the molecule is CCN(C(=O)OC(C)(C)C)[C@H]1CN[C@H](C(=O)O)C1. The Morgan fingerprint density at radius 2 is 2.06 bits per heavy atom. The predicted molar refractivity (Wildman–Crippen MR) is 66.4 cm³/mol. The van der Waals surface area contributed by atoms with Gasteiger partial charge in [0.2, 0.25) is 0 Å². The van der Waals surface area contributed by atoms with Gasteiger partial charge >= 0.3 is 12.1 Å². The molecule has 0 aromatic carbocycles. The Hall–Kier alpha value is -1.30. The highest BCUT2D eigenvalue weighted by molar-refractivity contribution is 5.74. The second-order valence-corrected chi connectivity index (χ2v) is 5.45. The molecule has 1 saturated heterocycles. The van der Waals surface area contributed by atoms with Crippen molar-refractivity contribution in [3.8, 4) is 0 Å². The smallest absolute Gasteiger partial charge is 0.410 e. The summed E-state index contributed by atoms with van der Waals surface area (Å²) in [7, 11) is 0. The molecule has 1 amide bonds. The summed E-state index contributed by atoms with van der Waals surface area (Å²) in [5.74, 6) is -0.877. The van der Waals surface area contributed by atoms with Crippen LogP contribution in [0.25, 0.3) is 0 Å². The Kier molecular flexibility index (Phi) is 4.56. The molecule has 1 rings (SSSR count). The quantitative estimate of drug-likeness (QED) is 0.791. The molecule has 6 nitrogen and oxygen atoms in total. The average Bonchev–Trinajstić information content (AvgIpc) is 2.65. The zero-order chi connectivity index (χ0) is 13.9. The molecule has 2 N–H and O–H groups in total. The van der Waals surface area contributed by atoms with Gasteiger partial charge in [-0.2, -0.15) is 0 Å². The number of nitrogens with zero attached hydrogens (tertiary/aromatic N) is 1. The molecule has 104 valence electrons. The van der Waals surface area contributed by atoms with Gasteiger partial charge in [0.25, 0.3) is 0 Å². The van der Waals surface area contributed by atoms with Crippen molar-refractivity contribution in [2.75, 3.05) is 13.1 Å². The first-order valence-electron chi connectivity index (χ1n) is 6.20. The van der Waals surface area contributed by atoms with E-state index in [1.54, 1.807) is 4.90 Å². The van der Waals surface area contributed by atoms with Gasteiger partial charge in [-0.1, -0.05) is 0 Å². The highest BCUT2D eigenvalue weighted by Crippen LogP contribution is 2.17. The van der Waals surface area contributed by atoms with Crippen LogP contribution < -0.4 is 5.32 Å². The second-order valence-electron chi connectivity index (χ2n) is 5.45. The summed E-state index contributed by atoms with van der Waals surface area (Å²) in [6.45, 7) is 8.29.